The smallest absolute Gasteiger partial charge is 0.490 e. The third-order valence-corrected chi connectivity index (χ3v) is 5.69. The monoisotopic (exact) mass is 543 g/mol. The third kappa shape index (κ3) is 6.82. The van der Waals surface area contributed by atoms with E-state index in [1.807, 2.05) is 24.3 Å². The Morgan fingerprint density at radius 2 is 1.82 bits per heavy atom. The van der Waals surface area contributed by atoms with Crippen LogP contribution >= 0.6 is 0 Å². The van der Waals surface area contributed by atoms with Gasteiger partial charge >= 0.3 is 12.1 Å². The number of rotatable bonds is 5. The standard InChI is InChI=1S/C24H23N5O3.C2HF3O2/c1-31-22-13-17(24(30)29-8-10-32-11-9-29)6-7-19(22)27-23-15-25-14-21(28-23)20-12-16-4-2-3-5-18(16)26-20;3-2(4,5)1(6)7/h2-7,12-15,26H,8-11H2,1H3,(H,27,28);(H,6,7). The maximum absolute atomic E-state index is 12.8. The Kier molecular flexibility index (Phi) is 8.30. The molecule has 4 aromatic rings. The number of benzene rings is 2. The van der Waals surface area contributed by atoms with E-state index in [0.717, 1.165) is 22.3 Å². The number of hydrogen-bond acceptors (Lipinski definition) is 7. The molecule has 0 atom stereocenters. The zero-order valence-corrected chi connectivity index (χ0v) is 20.7. The van der Waals surface area contributed by atoms with Gasteiger partial charge in [-0.05, 0) is 30.3 Å². The molecule has 2 aromatic carbocycles. The first-order valence-corrected chi connectivity index (χ1v) is 11.7. The van der Waals surface area contributed by atoms with Gasteiger partial charge in [0.25, 0.3) is 5.91 Å². The first-order chi connectivity index (χ1) is 18.7. The van der Waals surface area contributed by atoms with Crippen LogP contribution in [0.25, 0.3) is 22.3 Å². The molecule has 1 fully saturated rings. The Hall–Kier alpha value is -4.65. The summed E-state index contributed by atoms with van der Waals surface area (Å²) in [7, 11) is 1.58. The summed E-state index contributed by atoms with van der Waals surface area (Å²) in [4.78, 5) is 35.9. The van der Waals surface area contributed by atoms with Gasteiger partial charge in [-0.3, -0.25) is 9.78 Å². The molecular formula is C26H24F3N5O5. The summed E-state index contributed by atoms with van der Waals surface area (Å²) in [6.45, 7) is 2.32. The van der Waals surface area contributed by atoms with E-state index in [0.29, 0.717) is 49.1 Å². The van der Waals surface area contributed by atoms with Gasteiger partial charge in [-0.25, -0.2) is 9.78 Å². The molecule has 1 amide bonds. The number of para-hydroxylation sites is 1. The van der Waals surface area contributed by atoms with Crippen molar-refractivity contribution in [1.82, 2.24) is 19.9 Å². The summed E-state index contributed by atoms with van der Waals surface area (Å²) in [6.07, 6.45) is -1.71. The summed E-state index contributed by atoms with van der Waals surface area (Å²) in [5.74, 6) is -1.65. The molecule has 1 saturated heterocycles. The Balaban J connectivity index is 0.000000448. The first kappa shape index (κ1) is 27.4. The van der Waals surface area contributed by atoms with E-state index in [4.69, 9.17) is 24.4 Å². The van der Waals surface area contributed by atoms with E-state index < -0.39 is 12.1 Å². The van der Waals surface area contributed by atoms with Crippen molar-refractivity contribution in [2.75, 3.05) is 38.7 Å². The maximum Gasteiger partial charge on any atom is 0.490 e. The molecule has 0 radical (unpaired) electrons. The molecular weight excluding hydrogens is 519 g/mol. The second-order valence-electron chi connectivity index (χ2n) is 8.31. The van der Waals surface area contributed by atoms with Crippen LogP contribution in [-0.2, 0) is 9.53 Å². The van der Waals surface area contributed by atoms with Gasteiger partial charge in [0, 0.05) is 29.6 Å². The van der Waals surface area contributed by atoms with Gasteiger partial charge < -0.3 is 29.8 Å². The van der Waals surface area contributed by atoms with Gasteiger partial charge in [-0.2, -0.15) is 13.2 Å². The number of fused-ring (bicyclic) bond motifs is 1. The van der Waals surface area contributed by atoms with E-state index >= 15 is 0 Å². The molecule has 3 heterocycles. The van der Waals surface area contributed by atoms with E-state index in [-0.39, 0.29) is 5.91 Å². The van der Waals surface area contributed by atoms with Gasteiger partial charge in [0.05, 0.1) is 44.1 Å². The number of amides is 1. The number of hydrogen-bond donors (Lipinski definition) is 3. The highest BCUT2D eigenvalue weighted by atomic mass is 19.4. The van der Waals surface area contributed by atoms with Crippen LogP contribution in [0.1, 0.15) is 10.4 Å². The Morgan fingerprint density at radius 1 is 1.10 bits per heavy atom. The van der Waals surface area contributed by atoms with Crippen molar-refractivity contribution >= 4 is 34.3 Å². The minimum absolute atomic E-state index is 0.0289. The van der Waals surface area contributed by atoms with Crippen LogP contribution in [0.4, 0.5) is 24.7 Å². The maximum atomic E-state index is 12.8. The molecule has 0 bridgehead atoms. The normalized spacial score (nSPS) is 13.4. The molecule has 13 heteroatoms. The number of anilines is 2. The molecule has 2 aromatic heterocycles. The fourth-order valence-corrected chi connectivity index (χ4v) is 3.78. The van der Waals surface area contributed by atoms with Crippen molar-refractivity contribution in [3.05, 3.63) is 66.5 Å². The topological polar surface area (TPSA) is 130 Å². The van der Waals surface area contributed by atoms with Crippen LogP contribution in [0.5, 0.6) is 5.75 Å². The molecule has 0 aliphatic carbocycles. The predicted octanol–water partition coefficient (Wildman–Crippen LogP) is 4.48. The first-order valence-electron chi connectivity index (χ1n) is 11.7. The Labute approximate surface area is 220 Å². The molecule has 5 rings (SSSR count). The van der Waals surface area contributed by atoms with Crippen molar-refractivity contribution in [2.45, 2.75) is 6.18 Å². The molecule has 1 aliphatic heterocycles. The average molecular weight is 544 g/mol. The number of nitrogens with zero attached hydrogens (tertiary/aromatic N) is 3. The lowest BCUT2D eigenvalue weighted by Gasteiger charge is -2.27. The van der Waals surface area contributed by atoms with Crippen molar-refractivity contribution in [2.24, 2.45) is 0 Å². The number of ether oxygens (including phenoxy) is 2. The lowest BCUT2D eigenvalue weighted by atomic mass is 10.1. The fourth-order valence-electron chi connectivity index (χ4n) is 3.78. The fraction of sp³-hybridized carbons (Fsp3) is 0.231. The van der Waals surface area contributed by atoms with E-state index in [2.05, 4.69) is 27.4 Å². The summed E-state index contributed by atoms with van der Waals surface area (Å²) < 4.78 is 42.6. The number of morpholine rings is 1. The molecule has 0 saturated carbocycles. The van der Waals surface area contributed by atoms with Crippen molar-refractivity contribution < 1.29 is 37.3 Å². The number of nitrogens with one attached hydrogen (secondary N) is 2. The van der Waals surface area contributed by atoms with Crippen LogP contribution in [0, 0.1) is 0 Å². The van der Waals surface area contributed by atoms with E-state index in [9.17, 15) is 18.0 Å². The number of carbonyl (C=O) groups is 2. The summed E-state index contributed by atoms with van der Waals surface area (Å²) >= 11 is 0. The SMILES string of the molecule is COc1cc(C(=O)N2CCOCC2)ccc1Nc1cncc(-c2cc3ccccc3[nH]2)n1.O=C(O)C(F)(F)F. The minimum atomic E-state index is -5.08. The van der Waals surface area contributed by atoms with Crippen LogP contribution in [0.15, 0.2) is 60.9 Å². The third-order valence-electron chi connectivity index (χ3n) is 5.69. The Bertz CT molecular complexity index is 1430. The minimum Gasteiger partial charge on any atom is -0.495 e. The molecule has 1 aliphatic rings. The van der Waals surface area contributed by atoms with Crippen LogP contribution in [0.3, 0.4) is 0 Å². The lowest BCUT2D eigenvalue weighted by Crippen LogP contribution is -2.40. The number of carboxylic acids is 1. The molecule has 3 N–H and O–H groups in total. The van der Waals surface area contributed by atoms with Crippen molar-refractivity contribution in [3.8, 4) is 17.1 Å². The van der Waals surface area contributed by atoms with Gasteiger partial charge in [-0.15, -0.1) is 0 Å². The van der Waals surface area contributed by atoms with E-state index in [1.165, 1.54) is 0 Å². The zero-order chi connectivity index (χ0) is 28.0. The lowest BCUT2D eigenvalue weighted by molar-refractivity contribution is -0.192. The molecule has 0 spiro atoms. The second kappa shape index (κ2) is 11.8. The van der Waals surface area contributed by atoms with Crippen LogP contribution in [-0.4, -0.2) is 76.4 Å². The van der Waals surface area contributed by atoms with Gasteiger partial charge in [0.15, 0.2) is 0 Å². The number of H-pyrrole nitrogens is 1. The number of halogens is 3. The molecule has 39 heavy (non-hydrogen) atoms. The number of aliphatic carboxylic acids is 1. The van der Waals surface area contributed by atoms with Crippen molar-refractivity contribution in [3.63, 3.8) is 0 Å². The number of aromatic nitrogens is 3. The Morgan fingerprint density at radius 3 is 2.49 bits per heavy atom. The average Bonchev–Trinajstić information content (AvgIpc) is 3.38. The number of alkyl halides is 3. The second-order valence-corrected chi connectivity index (χ2v) is 8.31. The molecule has 204 valence electrons. The number of aromatic amines is 1. The number of carboxylic acid groups (broad SMARTS) is 1. The quantitative estimate of drug-likeness (QED) is 0.336. The van der Waals surface area contributed by atoms with Crippen LogP contribution < -0.4 is 10.1 Å². The highest BCUT2D eigenvalue weighted by Gasteiger charge is 2.38. The molecule has 0 unspecified atom stereocenters. The van der Waals surface area contributed by atoms with E-state index in [1.54, 1.807) is 36.5 Å². The summed E-state index contributed by atoms with van der Waals surface area (Å²) in [5, 5.41) is 11.5. The van der Waals surface area contributed by atoms with Crippen LogP contribution in [0.2, 0.25) is 0 Å². The number of methoxy groups -OCH3 is 1. The summed E-state index contributed by atoms with van der Waals surface area (Å²) in [6, 6.07) is 15.5. The number of carbonyl (C=O) groups excluding carboxylic acids is 1. The molecule has 10 nitrogen and oxygen atoms in total. The summed E-state index contributed by atoms with van der Waals surface area (Å²) in [5.41, 5.74) is 3.94. The largest absolute Gasteiger partial charge is 0.495 e. The highest BCUT2D eigenvalue weighted by Crippen LogP contribution is 2.30. The highest BCUT2D eigenvalue weighted by molar-refractivity contribution is 5.95. The zero-order valence-electron chi connectivity index (χ0n) is 20.7. The van der Waals surface area contributed by atoms with Crippen molar-refractivity contribution in [1.29, 1.82) is 0 Å². The van der Waals surface area contributed by atoms with Gasteiger partial charge in [0.1, 0.15) is 17.3 Å². The van der Waals surface area contributed by atoms with Gasteiger partial charge in [-0.1, -0.05) is 18.2 Å². The van der Waals surface area contributed by atoms with Gasteiger partial charge in [0.2, 0.25) is 0 Å². The predicted molar refractivity (Wildman–Crippen MR) is 136 cm³/mol.